The van der Waals surface area contributed by atoms with Gasteiger partial charge in [0.15, 0.2) is 0 Å². The summed E-state index contributed by atoms with van der Waals surface area (Å²) in [4.78, 5) is 0. The van der Waals surface area contributed by atoms with Crippen molar-refractivity contribution >= 4 is 0 Å². The summed E-state index contributed by atoms with van der Waals surface area (Å²) >= 11 is 0. The summed E-state index contributed by atoms with van der Waals surface area (Å²) in [6.45, 7) is 7.16. The van der Waals surface area contributed by atoms with Crippen LogP contribution < -0.4 is 5.73 Å². The molecule has 1 saturated heterocycles. The zero-order chi connectivity index (χ0) is 9.03. The van der Waals surface area contributed by atoms with Crippen LogP contribution in [0.25, 0.3) is 0 Å². The van der Waals surface area contributed by atoms with Gasteiger partial charge in [-0.2, -0.15) is 0 Å². The van der Waals surface area contributed by atoms with Crippen molar-refractivity contribution in [2.24, 2.45) is 17.1 Å². The predicted molar refractivity (Wildman–Crippen MR) is 51.0 cm³/mol. The third-order valence-electron chi connectivity index (χ3n) is 2.65. The van der Waals surface area contributed by atoms with Gasteiger partial charge < -0.3 is 10.5 Å². The topological polar surface area (TPSA) is 35.2 Å². The monoisotopic (exact) mass is 171 g/mol. The summed E-state index contributed by atoms with van der Waals surface area (Å²) in [7, 11) is 0. The molecule has 1 heterocycles. The SMILES string of the molecule is CC(C)(CN)C[C@@H]1CCCOC1. The Morgan fingerprint density at radius 2 is 2.25 bits per heavy atom. The first-order valence-electron chi connectivity index (χ1n) is 4.92. The van der Waals surface area contributed by atoms with Gasteiger partial charge in [0.05, 0.1) is 0 Å². The first kappa shape index (κ1) is 10.0. The van der Waals surface area contributed by atoms with Crippen LogP contribution >= 0.6 is 0 Å². The van der Waals surface area contributed by atoms with Gasteiger partial charge in [0, 0.05) is 13.2 Å². The lowest BCUT2D eigenvalue weighted by Gasteiger charge is -2.30. The lowest BCUT2D eigenvalue weighted by molar-refractivity contribution is 0.0376. The molecule has 0 spiro atoms. The summed E-state index contributed by atoms with van der Waals surface area (Å²) in [5.41, 5.74) is 5.98. The molecule has 0 aromatic carbocycles. The highest BCUT2D eigenvalue weighted by Gasteiger charge is 2.23. The Kier molecular flexibility index (Phi) is 3.53. The molecule has 0 unspecified atom stereocenters. The Balaban J connectivity index is 2.28. The number of hydrogen-bond donors (Lipinski definition) is 1. The molecule has 12 heavy (non-hydrogen) atoms. The lowest BCUT2D eigenvalue weighted by Crippen LogP contribution is -2.29. The van der Waals surface area contributed by atoms with Crippen LogP contribution in [-0.2, 0) is 4.74 Å². The zero-order valence-electron chi connectivity index (χ0n) is 8.31. The maximum atomic E-state index is 5.68. The molecule has 1 atom stereocenters. The van der Waals surface area contributed by atoms with Gasteiger partial charge in [-0.15, -0.1) is 0 Å². The quantitative estimate of drug-likeness (QED) is 0.702. The van der Waals surface area contributed by atoms with E-state index in [4.69, 9.17) is 10.5 Å². The van der Waals surface area contributed by atoms with E-state index in [1.165, 1.54) is 19.3 Å². The van der Waals surface area contributed by atoms with Crippen molar-refractivity contribution in [1.82, 2.24) is 0 Å². The van der Waals surface area contributed by atoms with Gasteiger partial charge in [-0.1, -0.05) is 13.8 Å². The van der Waals surface area contributed by atoms with Crippen LogP contribution in [-0.4, -0.2) is 19.8 Å². The van der Waals surface area contributed by atoms with E-state index in [2.05, 4.69) is 13.8 Å². The van der Waals surface area contributed by atoms with Crippen molar-refractivity contribution in [3.05, 3.63) is 0 Å². The molecule has 2 N–H and O–H groups in total. The molecule has 0 saturated carbocycles. The molecule has 1 aliphatic rings. The molecule has 0 bridgehead atoms. The second-order valence-electron chi connectivity index (χ2n) is 4.66. The number of nitrogens with two attached hydrogens (primary N) is 1. The first-order valence-corrected chi connectivity index (χ1v) is 4.92. The van der Waals surface area contributed by atoms with Gasteiger partial charge in [-0.25, -0.2) is 0 Å². The standard InChI is InChI=1S/C10H21NO/c1-10(2,8-11)6-9-4-3-5-12-7-9/h9H,3-8,11H2,1-2H3/t9-/m0/s1. The highest BCUT2D eigenvalue weighted by atomic mass is 16.5. The molecular formula is C10H21NO. The van der Waals surface area contributed by atoms with E-state index in [1.54, 1.807) is 0 Å². The van der Waals surface area contributed by atoms with Crippen LogP contribution in [0.4, 0.5) is 0 Å². The van der Waals surface area contributed by atoms with E-state index in [9.17, 15) is 0 Å². The summed E-state index contributed by atoms with van der Waals surface area (Å²) < 4.78 is 5.43. The third kappa shape index (κ3) is 3.11. The zero-order valence-corrected chi connectivity index (χ0v) is 8.31. The summed E-state index contributed by atoms with van der Waals surface area (Å²) in [6, 6.07) is 0. The van der Waals surface area contributed by atoms with E-state index in [0.29, 0.717) is 5.41 Å². The smallest absolute Gasteiger partial charge is 0.0494 e. The maximum Gasteiger partial charge on any atom is 0.0494 e. The van der Waals surface area contributed by atoms with E-state index < -0.39 is 0 Å². The Morgan fingerprint density at radius 3 is 2.75 bits per heavy atom. The molecule has 2 nitrogen and oxygen atoms in total. The number of ether oxygens (including phenoxy) is 1. The Hall–Kier alpha value is -0.0800. The Labute approximate surface area is 75.5 Å². The molecule has 2 heteroatoms. The fraction of sp³-hybridized carbons (Fsp3) is 1.00. The Morgan fingerprint density at radius 1 is 1.50 bits per heavy atom. The molecule has 0 aliphatic carbocycles. The fourth-order valence-corrected chi connectivity index (χ4v) is 1.83. The van der Waals surface area contributed by atoms with Crippen molar-refractivity contribution in [1.29, 1.82) is 0 Å². The van der Waals surface area contributed by atoms with Crippen LogP contribution in [0, 0.1) is 11.3 Å². The maximum absolute atomic E-state index is 5.68. The van der Waals surface area contributed by atoms with Crippen molar-refractivity contribution in [2.45, 2.75) is 33.1 Å². The van der Waals surface area contributed by atoms with Gasteiger partial charge in [-0.3, -0.25) is 0 Å². The highest BCUT2D eigenvalue weighted by molar-refractivity contribution is 4.75. The summed E-state index contributed by atoms with van der Waals surface area (Å²) in [5.74, 6) is 0.747. The summed E-state index contributed by atoms with van der Waals surface area (Å²) in [5, 5.41) is 0. The number of hydrogen-bond acceptors (Lipinski definition) is 2. The lowest BCUT2D eigenvalue weighted by atomic mass is 9.81. The largest absolute Gasteiger partial charge is 0.381 e. The predicted octanol–water partition coefficient (Wildman–Crippen LogP) is 1.79. The molecule has 0 aromatic rings. The van der Waals surface area contributed by atoms with E-state index in [-0.39, 0.29) is 0 Å². The molecule has 0 aromatic heterocycles. The van der Waals surface area contributed by atoms with Crippen LogP contribution in [0.3, 0.4) is 0 Å². The molecule has 72 valence electrons. The first-order chi connectivity index (χ1) is 5.64. The molecule has 1 rings (SSSR count). The van der Waals surface area contributed by atoms with Crippen LogP contribution in [0.1, 0.15) is 33.1 Å². The van der Waals surface area contributed by atoms with Gasteiger partial charge in [0.25, 0.3) is 0 Å². The van der Waals surface area contributed by atoms with Crippen LogP contribution in [0.5, 0.6) is 0 Å². The van der Waals surface area contributed by atoms with Gasteiger partial charge in [0.1, 0.15) is 0 Å². The van der Waals surface area contributed by atoms with E-state index >= 15 is 0 Å². The van der Waals surface area contributed by atoms with Crippen molar-refractivity contribution in [2.75, 3.05) is 19.8 Å². The fourth-order valence-electron chi connectivity index (χ4n) is 1.83. The van der Waals surface area contributed by atoms with Gasteiger partial charge >= 0.3 is 0 Å². The van der Waals surface area contributed by atoms with Crippen molar-refractivity contribution in [3.63, 3.8) is 0 Å². The van der Waals surface area contributed by atoms with E-state index in [1.807, 2.05) is 0 Å². The highest BCUT2D eigenvalue weighted by Crippen LogP contribution is 2.28. The normalized spacial score (nSPS) is 25.8. The second kappa shape index (κ2) is 4.24. The molecule has 0 amide bonds. The minimum Gasteiger partial charge on any atom is -0.381 e. The average molecular weight is 171 g/mol. The van der Waals surface area contributed by atoms with E-state index in [0.717, 1.165) is 25.7 Å². The minimum atomic E-state index is 0.297. The number of rotatable bonds is 3. The molecule has 1 fully saturated rings. The van der Waals surface area contributed by atoms with Crippen molar-refractivity contribution < 1.29 is 4.74 Å². The molecular weight excluding hydrogens is 150 g/mol. The average Bonchev–Trinajstić information content (AvgIpc) is 2.06. The van der Waals surface area contributed by atoms with Gasteiger partial charge in [0.2, 0.25) is 0 Å². The van der Waals surface area contributed by atoms with Crippen molar-refractivity contribution in [3.8, 4) is 0 Å². The molecule has 0 radical (unpaired) electrons. The van der Waals surface area contributed by atoms with Crippen LogP contribution in [0.2, 0.25) is 0 Å². The Bertz CT molecular complexity index is 128. The van der Waals surface area contributed by atoms with Gasteiger partial charge in [-0.05, 0) is 37.1 Å². The minimum absolute atomic E-state index is 0.297. The second-order valence-corrected chi connectivity index (χ2v) is 4.66. The summed E-state index contributed by atoms with van der Waals surface area (Å²) in [6.07, 6.45) is 3.76. The third-order valence-corrected chi connectivity index (χ3v) is 2.65. The van der Waals surface area contributed by atoms with Crippen LogP contribution in [0.15, 0.2) is 0 Å². The molecule has 1 aliphatic heterocycles.